The minimum atomic E-state index is -4.57. The molecule has 32 heavy (non-hydrogen) atoms. The minimum absolute atomic E-state index is 0.201. The first-order chi connectivity index (χ1) is 15.3. The smallest absolute Gasteiger partial charge is 0.422 e. The summed E-state index contributed by atoms with van der Waals surface area (Å²) in [5.74, 6) is -0.864. The molecule has 0 saturated heterocycles. The van der Waals surface area contributed by atoms with Crippen LogP contribution in [0.1, 0.15) is 16.2 Å². The number of rotatable bonds is 5. The molecule has 1 aliphatic heterocycles. The van der Waals surface area contributed by atoms with Gasteiger partial charge in [-0.05, 0) is 41.5 Å². The average molecular weight is 447 g/mol. The van der Waals surface area contributed by atoms with Crippen LogP contribution in [-0.4, -0.2) is 46.7 Å². The van der Waals surface area contributed by atoms with Gasteiger partial charge < -0.3 is 14.4 Å². The Kier molecular flexibility index (Phi) is 5.93. The number of alkyl halides is 3. The molecule has 0 N–H and O–H groups in total. The highest BCUT2D eigenvalue weighted by Crippen LogP contribution is 2.32. The van der Waals surface area contributed by atoms with Crippen molar-refractivity contribution in [1.82, 2.24) is 14.9 Å². The fourth-order valence-electron chi connectivity index (χ4n) is 3.23. The first-order valence-corrected chi connectivity index (χ1v) is 9.62. The topological polar surface area (TPSA) is 64.6 Å². The molecule has 0 spiro atoms. The standard InChI is InChI=1S/C22H17F4N3O3/c23-17-11-15(3-5-19(17)32-13-22(24,25)26)14-2-4-18-16(10-14)21(30)29(8-9-31-18)12-20-27-6-1-7-28-20/h1-7,10-11H,8-9,12-13H2. The quantitative estimate of drug-likeness (QED) is 0.547. The number of ether oxygens (including phenoxy) is 2. The molecule has 6 nitrogen and oxygen atoms in total. The van der Waals surface area contributed by atoms with Crippen LogP contribution in [0.15, 0.2) is 54.9 Å². The SMILES string of the molecule is O=C1c2cc(-c3ccc(OCC(F)(F)F)c(F)c3)ccc2OCCN1Cc1ncccn1. The molecule has 1 aromatic heterocycles. The molecular formula is C22H17F4N3O3. The number of carbonyl (C=O) groups is 1. The second-order valence-electron chi connectivity index (χ2n) is 7.00. The van der Waals surface area contributed by atoms with E-state index in [1.165, 1.54) is 6.07 Å². The number of hydrogen-bond donors (Lipinski definition) is 0. The first kappa shape index (κ1) is 21.5. The Bertz CT molecular complexity index is 1120. The summed E-state index contributed by atoms with van der Waals surface area (Å²) in [4.78, 5) is 22.9. The van der Waals surface area contributed by atoms with E-state index in [0.717, 1.165) is 12.1 Å². The third kappa shape index (κ3) is 4.96. The van der Waals surface area contributed by atoms with Crippen LogP contribution in [0.3, 0.4) is 0 Å². The van der Waals surface area contributed by atoms with E-state index in [-0.39, 0.29) is 24.6 Å². The maximum atomic E-state index is 14.3. The van der Waals surface area contributed by atoms with E-state index in [1.54, 1.807) is 41.6 Å². The lowest BCUT2D eigenvalue weighted by Crippen LogP contribution is -2.32. The lowest BCUT2D eigenvalue weighted by atomic mass is 10.0. The number of nitrogens with zero attached hydrogens (tertiary/aromatic N) is 3. The first-order valence-electron chi connectivity index (χ1n) is 9.62. The van der Waals surface area contributed by atoms with Crippen LogP contribution in [0.25, 0.3) is 11.1 Å². The van der Waals surface area contributed by atoms with Gasteiger partial charge in [0.25, 0.3) is 5.91 Å². The van der Waals surface area contributed by atoms with Crippen molar-refractivity contribution in [2.75, 3.05) is 19.8 Å². The van der Waals surface area contributed by atoms with Crippen LogP contribution in [0.2, 0.25) is 0 Å². The third-order valence-corrected chi connectivity index (χ3v) is 4.72. The minimum Gasteiger partial charge on any atom is -0.491 e. The Hall–Kier alpha value is -3.69. The van der Waals surface area contributed by atoms with Gasteiger partial charge in [0.2, 0.25) is 0 Å². The number of fused-ring (bicyclic) bond motifs is 1. The van der Waals surface area contributed by atoms with Crippen molar-refractivity contribution >= 4 is 5.91 Å². The number of aromatic nitrogens is 2. The fourth-order valence-corrected chi connectivity index (χ4v) is 3.23. The lowest BCUT2D eigenvalue weighted by molar-refractivity contribution is -0.153. The van der Waals surface area contributed by atoms with Gasteiger partial charge in [0.15, 0.2) is 18.2 Å². The van der Waals surface area contributed by atoms with Crippen LogP contribution in [0.4, 0.5) is 17.6 Å². The van der Waals surface area contributed by atoms with Gasteiger partial charge in [-0.25, -0.2) is 14.4 Å². The summed E-state index contributed by atoms with van der Waals surface area (Å²) in [7, 11) is 0. The van der Waals surface area contributed by atoms with E-state index >= 15 is 0 Å². The molecule has 4 rings (SSSR count). The van der Waals surface area contributed by atoms with Crippen molar-refractivity contribution in [2.45, 2.75) is 12.7 Å². The summed E-state index contributed by atoms with van der Waals surface area (Å²) < 4.78 is 61.4. The second kappa shape index (κ2) is 8.81. The van der Waals surface area contributed by atoms with Gasteiger partial charge in [0, 0.05) is 12.4 Å². The molecule has 1 aliphatic rings. The number of halogens is 4. The highest BCUT2D eigenvalue weighted by Gasteiger charge is 2.29. The van der Waals surface area contributed by atoms with Crippen LogP contribution < -0.4 is 9.47 Å². The van der Waals surface area contributed by atoms with Gasteiger partial charge in [-0.3, -0.25) is 4.79 Å². The summed E-state index contributed by atoms with van der Waals surface area (Å²) in [6.07, 6.45) is -1.40. The summed E-state index contributed by atoms with van der Waals surface area (Å²) in [6, 6.07) is 10.1. The number of carbonyl (C=O) groups excluding carboxylic acids is 1. The van der Waals surface area contributed by atoms with E-state index in [4.69, 9.17) is 4.74 Å². The maximum absolute atomic E-state index is 14.3. The van der Waals surface area contributed by atoms with E-state index < -0.39 is 24.3 Å². The van der Waals surface area contributed by atoms with Crippen LogP contribution >= 0.6 is 0 Å². The molecule has 2 heterocycles. The number of benzene rings is 2. The van der Waals surface area contributed by atoms with Crippen molar-refractivity contribution in [1.29, 1.82) is 0 Å². The molecule has 3 aromatic rings. The summed E-state index contributed by atoms with van der Waals surface area (Å²) >= 11 is 0. The number of amides is 1. The second-order valence-corrected chi connectivity index (χ2v) is 7.00. The zero-order valence-corrected chi connectivity index (χ0v) is 16.6. The van der Waals surface area contributed by atoms with E-state index in [1.807, 2.05) is 0 Å². The normalized spacial score (nSPS) is 13.9. The van der Waals surface area contributed by atoms with Gasteiger partial charge >= 0.3 is 6.18 Å². The van der Waals surface area contributed by atoms with Gasteiger partial charge in [-0.2, -0.15) is 13.2 Å². The van der Waals surface area contributed by atoms with E-state index in [0.29, 0.717) is 29.2 Å². The highest BCUT2D eigenvalue weighted by molar-refractivity contribution is 5.98. The maximum Gasteiger partial charge on any atom is 0.422 e. The molecule has 1 amide bonds. The Morgan fingerprint density at radius 1 is 1.06 bits per heavy atom. The number of hydrogen-bond acceptors (Lipinski definition) is 5. The molecular weight excluding hydrogens is 430 g/mol. The van der Waals surface area contributed by atoms with Gasteiger partial charge in [-0.1, -0.05) is 12.1 Å². The predicted molar refractivity (Wildman–Crippen MR) is 106 cm³/mol. The summed E-state index contributed by atoms with van der Waals surface area (Å²) in [5, 5.41) is 0. The van der Waals surface area contributed by atoms with Crippen LogP contribution in [0, 0.1) is 5.82 Å². The Balaban J connectivity index is 1.58. The fraction of sp³-hybridized carbons (Fsp3) is 0.227. The molecule has 2 aromatic carbocycles. The lowest BCUT2D eigenvalue weighted by Gasteiger charge is -2.19. The largest absolute Gasteiger partial charge is 0.491 e. The molecule has 0 saturated carbocycles. The van der Waals surface area contributed by atoms with Crippen molar-refractivity contribution < 1.29 is 31.8 Å². The monoisotopic (exact) mass is 447 g/mol. The molecule has 0 atom stereocenters. The molecule has 0 unspecified atom stereocenters. The van der Waals surface area contributed by atoms with E-state index in [2.05, 4.69) is 14.7 Å². The van der Waals surface area contributed by atoms with Crippen LogP contribution in [-0.2, 0) is 6.54 Å². The average Bonchev–Trinajstić information content (AvgIpc) is 2.91. The van der Waals surface area contributed by atoms with Crippen molar-refractivity contribution in [3.8, 4) is 22.6 Å². The van der Waals surface area contributed by atoms with Gasteiger partial charge in [0.1, 0.15) is 18.2 Å². The molecule has 0 radical (unpaired) electrons. The van der Waals surface area contributed by atoms with Gasteiger partial charge in [-0.15, -0.1) is 0 Å². The molecule has 0 aliphatic carbocycles. The Labute approximate surface area is 180 Å². The zero-order chi connectivity index (χ0) is 22.7. The van der Waals surface area contributed by atoms with Crippen molar-refractivity contribution in [3.63, 3.8) is 0 Å². The molecule has 0 fully saturated rings. The van der Waals surface area contributed by atoms with Crippen LogP contribution in [0.5, 0.6) is 11.5 Å². The predicted octanol–water partition coefficient (Wildman–Crippen LogP) is 4.26. The third-order valence-electron chi connectivity index (χ3n) is 4.72. The Morgan fingerprint density at radius 2 is 1.78 bits per heavy atom. The summed E-state index contributed by atoms with van der Waals surface area (Å²) in [6.45, 7) is -0.771. The van der Waals surface area contributed by atoms with E-state index in [9.17, 15) is 22.4 Å². The Morgan fingerprint density at radius 3 is 2.50 bits per heavy atom. The van der Waals surface area contributed by atoms with Gasteiger partial charge in [0.05, 0.1) is 18.7 Å². The zero-order valence-electron chi connectivity index (χ0n) is 16.6. The molecule has 0 bridgehead atoms. The van der Waals surface area contributed by atoms with Crippen molar-refractivity contribution in [2.24, 2.45) is 0 Å². The molecule has 10 heteroatoms. The molecule has 166 valence electrons. The summed E-state index contributed by atoms with van der Waals surface area (Å²) in [5.41, 5.74) is 1.16. The highest BCUT2D eigenvalue weighted by atomic mass is 19.4. The van der Waals surface area contributed by atoms with Crippen molar-refractivity contribution in [3.05, 3.63) is 72.1 Å².